The van der Waals surface area contributed by atoms with Gasteiger partial charge in [0.2, 0.25) is 0 Å². The summed E-state index contributed by atoms with van der Waals surface area (Å²) < 4.78 is 5.27. The Morgan fingerprint density at radius 2 is 1.89 bits per heavy atom. The largest absolute Gasteiger partial charge is 0.378 e. The Kier molecular flexibility index (Phi) is 4.73. The third-order valence-electron chi connectivity index (χ3n) is 2.85. The van der Waals surface area contributed by atoms with E-state index in [9.17, 15) is 4.79 Å². The van der Waals surface area contributed by atoms with Gasteiger partial charge < -0.3 is 9.64 Å². The Labute approximate surface area is 107 Å². The maximum Gasteiger partial charge on any atom is 0.166 e. The zero-order chi connectivity index (χ0) is 12.6. The molecule has 1 aromatic rings. The lowest BCUT2D eigenvalue weighted by Crippen LogP contribution is -2.35. The molecule has 1 aliphatic heterocycles. The van der Waals surface area contributed by atoms with Gasteiger partial charge in [0, 0.05) is 13.1 Å². The summed E-state index contributed by atoms with van der Waals surface area (Å²) in [5, 5.41) is 0. The molecule has 0 aliphatic carbocycles. The molecule has 2 rings (SSSR count). The van der Waals surface area contributed by atoms with Crippen LogP contribution in [0.2, 0.25) is 0 Å². The molecule has 0 bridgehead atoms. The van der Waals surface area contributed by atoms with Gasteiger partial charge >= 0.3 is 0 Å². The van der Waals surface area contributed by atoms with Crippen molar-refractivity contribution in [1.29, 1.82) is 0 Å². The van der Waals surface area contributed by atoms with E-state index in [1.807, 2.05) is 53.5 Å². The van der Waals surface area contributed by atoms with E-state index in [1.54, 1.807) is 0 Å². The minimum atomic E-state index is 0.688. The van der Waals surface area contributed by atoms with Crippen LogP contribution in [0.3, 0.4) is 0 Å². The summed E-state index contributed by atoms with van der Waals surface area (Å²) in [5.74, 6) is 0. The van der Waals surface area contributed by atoms with Gasteiger partial charge in [0.25, 0.3) is 0 Å². The molecule has 0 aromatic heterocycles. The second-order valence-corrected chi connectivity index (χ2v) is 4.08. The Morgan fingerprint density at radius 1 is 1.17 bits per heavy atom. The van der Waals surface area contributed by atoms with E-state index in [0.717, 1.165) is 24.9 Å². The van der Waals surface area contributed by atoms with Crippen LogP contribution in [0.5, 0.6) is 0 Å². The number of rotatable bonds is 4. The summed E-state index contributed by atoms with van der Waals surface area (Å²) in [4.78, 5) is 13.1. The lowest BCUT2D eigenvalue weighted by atomic mass is 10.2. The Morgan fingerprint density at radius 3 is 2.56 bits per heavy atom. The average molecular weight is 243 g/mol. The van der Waals surface area contributed by atoms with E-state index >= 15 is 0 Å². The number of aldehydes is 1. The highest BCUT2D eigenvalue weighted by Crippen LogP contribution is 2.07. The molecule has 3 nitrogen and oxygen atoms in total. The maximum atomic E-state index is 11.1. The molecule has 0 unspecified atom stereocenters. The van der Waals surface area contributed by atoms with E-state index in [4.69, 9.17) is 4.74 Å². The fourth-order valence-electron chi connectivity index (χ4n) is 1.86. The number of hydrogen-bond acceptors (Lipinski definition) is 3. The van der Waals surface area contributed by atoms with Crippen molar-refractivity contribution in [2.75, 3.05) is 26.3 Å². The minimum Gasteiger partial charge on any atom is -0.378 e. The molecule has 0 atom stereocenters. The van der Waals surface area contributed by atoms with E-state index < -0.39 is 0 Å². The predicted molar refractivity (Wildman–Crippen MR) is 72.0 cm³/mol. The monoisotopic (exact) mass is 243 g/mol. The molecule has 0 spiro atoms. The molecule has 94 valence electrons. The standard InChI is InChI=1S/C15H17NO2/c17-13-15(16-9-11-18-12-10-16)8-4-7-14-5-2-1-3-6-14/h1-8,13H,9-12H2. The first-order chi connectivity index (χ1) is 8.90. The van der Waals surface area contributed by atoms with Crippen molar-refractivity contribution in [2.24, 2.45) is 0 Å². The molecule has 1 heterocycles. The van der Waals surface area contributed by atoms with Crippen molar-refractivity contribution in [2.45, 2.75) is 0 Å². The van der Waals surface area contributed by atoms with Crippen molar-refractivity contribution >= 4 is 12.4 Å². The molecular formula is C15H17NO2. The van der Waals surface area contributed by atoms with Crippen molar-refractivity contribution in [3.63, 3.8) is 0 Å². The summed E-state index contributed by atoms with van der Waals surface area (Å²) in [5.41, 5.74) is 1.84. The van der Waals surface area contributed by atoms with Gasteiger partial charge in [-0.2, -0.15) is 0 Å². The summed E-state index contributed by atoms with van der Waals surface area (Å²) in [6, 6.07) is 10.0. The van der Waals surface area contributed by atoms with Gasteiger partial charge in [0.15, 0.2) is 6.29 Å². The Hall–Kier alpha value is -1.87. The Balaban J connectivity index is 2.01. The summed E-state index contributed by atoms with van der Waals surface area (Å²) in [6.45, 7) is 2.94. The molecule has 1 saturated heterocycles. The van der Waals surface area contributed by atoms with Gasteiger partial charge in [0.1, 0.15) is 0 Å². The molecule has 0 saturated carbocycles. The van der Waals surface area contributed by atoms with Crippen LogP contribution < -0.4 is 0 Å². The third-order valence-corrected chi connectivity index (χ3v) is 2.85. The first-order valence-corrected chi connectivity index (χ1v) is 6.11. The number of hydrogen-bond donors (Lipinski definition) is 0. The number of allylic oxidation sites excluding steroid dienone is 3. The first-order valence-electron chi connectivity index (χ1n) is 6.11. The van der Waals surface area contributed by atoms with Gasteiger partial charge in [-0.1, -0.05) is 42.5 Å². The lowest BCUT2D eigenvalue weighted by Gasteiger charge is -2.28. The molecule has 0 amide bonds. The molecule has 18 heavy (non-hydrogen) atoms. The van der Waals surface area contributed by atoms with Crippen LogP contribution in [-0.4, -0.2) is 37.5 Å². The summed E-state index contributed by atoms with van der Waals surface area (Å²) >= 11 is 0. The van der Waals surface area contributed by atoms with E-state index in [1.165, 1.54) is 0 Å². The number of nitrogens with zero attached hydrogens (tertiary/aromatic N) is 1. The zero-order valence-corrected chi connectivity index (χ0v) is 10.3. The number of carbonyl (C=O) groups excluding carboxylic acids is 1. The maximum absolute atomic E-state index is 11.1. The van der Waals surface area contributed by atoms with Crippen molar-refractivity contribution < 1.29 is 9.53 Å². The molecule has 0 radical (unpaired) electrons. The highest BCUT2D eigenvalue weighted by atomic mass is 16.5. The zero-order valence-electron chi connectivity index (χ0n) is 10.3. The average Bonchev–Trinajstić information content (AvgIpc) is 2.46. The van der Waals surface area contributed by atoms with Crippen LogP contribution in [0.15, 0.2) is 48.2 Å². The molecule has 1 aliphatic rings. The van der Waals surface area contributed by atoms with E-state index in [2.05, 4.69) is 0 Å². The van der Waals surface area contributed by atoms with Gasteiger partial charge in [0.05, 0.1) is 18.9 Å². The van der Waals surface area contributed by atoms with Gasteiger partial charge in [-0.3, -0.25) is 4.79 Å². The van der Waals surface area contributed by atoms with Crippen molar-refractivity contribution in [3.05, 3.63) is 53.7 Å². The smallest absolute Gasteiger partial charge is 0.166 e. The summed E-state index contributed by atoms with van der Waals surface area (Å²) in [7, 11) is 0. The quantitative estimate of drug-likeness (QED) is 0.461. The van der Waals surface area contributed by atoms with Crippen molar-refractivity contribution in [1.82, 2.24) is 4.90 Å². The molecule has 1 fully saturated rings. The molecule has 0 N–H and O–H groups in total. The minimum absolute atomic E-state index is 0.688. The number of carbonyl (C=O) groups is 1. The lowest BCUT2D eigenvalue weighted by molar-refractivity contribution is -0.106. The number of ether oxygens (including phenoxy) is 1. The summed E-state index contributed by atoms with van der Waals surface area (Å²) in [6.07, 6.45) is 6.66. The normalized spacial score (nSPS) is 17.1. The number of morpholine rings is 1. The fourth-order valence-corrected chi connectivity index (χ4v) is 1.86. The van der Waals surface area contributed by atoms with Crippen LogP contribution in [0.1, 0.15) is 5.56 Å². The van der Waals surface area contributed by atoms with Crippen LogP contribution >= 0.6 is 0 Å². The highest BCUT2D eigenvalue weighted by Gasteiger charge is 2.11. The van der Waals surface area contributed by atoms with Crippen LogP contribution in [-0.2, 0) is 9.53 Å². The predicted octanol–water partition coefficient (Wildman–Crippen LogP) is 2.11. The van der Waals surface area contributed by atoms with Crippen LogP contribution in [0.25, 0.3) is 6.08 Å². The topological polar surface area (TPSA) is 29.5 Å². The van der Waals surface area contributed by atoms with E-state index in [-0.39, 0.29) is 0 Å². The number of benzene rings is 1. The second kappa shape index (κ2) is 6.77. The van der Waals surface area contributed by atoms with Crippen molar-refractivity contribution in [3.8, 4) is 0 Å². The highest BCUT2D eigenvalue weighted by molar-refractivity contribution is 5.73. The Bertz CT molecular complexity index is 431. The van der Waals surface area contributed by atoms with Crippen LogP contribution in [0, 0.1) is 0 Å². The van der Waals surface area contributed by atoms with Gasteiger partial charge in [-0.25, -0.2) is 0 Å². The molecule has 1 aromatic carbocycles. The molecule has 3 heteroatoms. The first kappa shape index (κ1) is 12.6. The third kappa shape index (κ3) is 3.57. The van der Waals surface area contributed by atoms with Gasteiger partial charge in [-0.05, 0) is 11.6 Å². The molecular weight excluding hydrogens is 226 g/mol. The second-order valence-electron chi connectivity index (χ2n) is 4.08. The van der Waals surface area contributed by atoms with Gasteiger partial charge in [-0.15, -0.1) is 0 Å². The SMILES string of the molecule is O=CC(=CC=Cc1ccccc1)N1CCOCC1. The van der Waals surface area contributed by atoms with Crippen LogP contribution in [0.4, 0.5) is 0 Å². The van der Waals surface area contributed by atoms with E-state index in [0.29, 0.717) is 18.9 Å². The fraction of sp³-hybridized carbons (Fsp3) is 0.267.